The van der Waals surface area contributed by atoms with Gasteiger partial charge < -0.3 is 4.90 Å². The van der Waals surface area contributed by atoms with E-state index < -0.39 is 0 Å². The van der Waals surface area contributed by atoms with Crippen LogP contribution in [0.1, 0.15) is 16.7 Å². The van der Waals surface area contributed by atoms with Crippen LogP contribution in [-0.2, 0) is 13.1 Å². The Kier molecular flexibility index (Phi) is 6.00. The molecule has 6 nitrogen and oxygen atoms in total. The van der Waals surface area contributed by atoms with Gasteiger partial charge in [0.1, 0.15) is 12.1 Å². The molecular formula is C24H24Cl2N6. The molecule has 0 N–H and O–H groups in total. The van der Waals surface area contributed by atoms with Crippen LogP contribution in [0.25, 0.3) is 11.0 Å². The van der Waals surface area contributed by atoms with Crippen LogP contribution >= 0.6 is 23.2 Å². The predicted molar refractivity (Wildman–Crippen MR) is 130 cm³/mol. The van der Waals surface area contributed by atoms with Gasteiger partial charge in [-0.1, -0.05) is 59.1 Å². The summed E-state index contributed by atoms with van der Waals surface area (Å²) >= 11 is 12.2. The number of nitrogens with zero attached hydrogens (tertiary/aromatic N) is 6. The molecule has 2 aromatic heterocycles. The summed E-state index contributed by atoms with van der Waals surface area (Å²) < 4.78 is 1.95. The van der Waals surface area contributed by atoms with Crippen molar-refractivity contribution in [2.45, 2.75) is 20.0 Å². The van der Waals surface area contributed by atoms with Crippen molar-refractivity contribution >= 4 is 40.1 Å². The zero-order valence-corrected chi connectivity index (χ0v) is 19.4. The van der Waals surface area contributed by atoms with Crippen molar-refractivity contribution in [1.29, 1.82) is 0 Å². The second-order valence-corrected chi connectivity index (χ2v) is 9.05. The summed E-state index contributed by atoms with van der Waals surface area (Å²) in [4.78, 5) is 13.9. The van der Waals surface area contributed by atoms with Gasteiger partial charge in [-0.2, -0.15) is 5.10 Å². The number of halogens is 2. The topological polar surface area (TPSA) is 50.1 Å². The molecule has 1 aliphatic rings. The Labute approximate surface area is 197 Å². The Hall–Kier alpha value is -2.67. The first kappa shape index (κ1) is 21.2. The van der Waals surface area contributed by atoms with E-state index in [1.54, 1.807) is 6.33 Å². The highest BCUT2D eigenvalue weighted by molar-refractivity contribution is 6.42. The van der Waals surface area contributed by atoms with Crippen LogP contribution in [0.3, 0.4) is 0 Å². The maximum absolute atomic E-state index is 6.17. The number of benzene rings is 2. The second kappa shape index (κ2) is 9.06. The number of aromatic nitrogens is 4. The average Bonchev–Trinajstić information content (AvgIpc) is 3.21. The summed E-state index contributed by atoms with van der Waals surface area (Å²) in [5.74, 6) is 0.958. The number of aryl methyl sites for hydroxylation is 1. The normalized spacial score (nSPS) is 14.9. The number of piperazine rings is 1. The van der Waals surface area contributed by atoms with Crippen LogP contribution in [0.2, 0.25) is 10.0 Å². The Morgan fingerprint density at radius 1 is 0.844 bits per heavy atom. The van der Waals surface area contributed by atoms with Gasteiger partial charge in [-0.15, -0.1) is 0 Å². The van der Waals surface area contributed by atoms with Crippen molar-refractivity contribution in [3.63, 3.8) is 0 Å². The van der Waals surface area contributed by atoms with Gasteiger partial charge in [0.05, 0.1) is 28.2 Å². The molecule has 5 rings (SSSR count). The predicted octanol–water partition coefficient (Wildman–Crippen LogP) is 4.81. The van der Waals surface area contributed by atoms with E-state index in [4.69, 9.17) is 23.2 Å². The van der Waals surface area contributed by atoms with Crippen LogP contribution in [0.5, 0.6) is 0 Å². The molecule has 0 atom stereocenters. The lowest BCUT2D eigenvalue weighted by Crippen LogP contribution is -2.46. The molecule has 0 saturated carbocycles. The molecule has 1 saturated heterocycles. The van der Waals surface area contributed by atoms with Gasteiger partial charge >= 0.3 is 0 Å². The summed E-state index contributed by atoms with van der Waals surface area (Å²) in [6.07, 6.45) is 3.54. The zero-order chi connectivity index (χ0) is 22.1. The minimum Gasteiger partial charge on any atom is -0.353 e. The molecule has 0 bridgehead atoms. The minimum atomic E-state index is 0.593. The van der Waals surface area contributed by atoms with Crippen molar-refractivity contribution in [3.8, 4) is 0 Å². The Bertz CT molecular complexity index is 1230. The summed E-state index contributed by atoms with van der Waals surface area (Å²) in [6, 6.07) is 14.4. The molecule has 0 amide bonds. The molecule has 3 heterocycles. The first-order valence-electron chi connectivity index (χ1n) is 10.7. The molecule has 8 heteroatoms. The van der Waals surface area contributed by atoms with Crippen molar-refractivity contribution in [1.82, 2.24) is 24.6 Å². The highest BCUT2D eigenvalue weighted by atomic mass is 35.5. The lowest BCUT2D eigenvalue weighted by atomic mass is 10.1. The molecule has 0 aliphatic carbocycles. The van der Waals surface area contributed by atoms with Crippen LogP contribution in [0.4, 0.5) is 5.82 Å². The Morgan fingerprint density at radius 2 is 1.59 bits per heavy atom. The van der Waals surface area contributed by atoms with Gasteiger partial charge in [0.15, 0.2) is 5.65 Å². The molecule has 0 radical (unpaired) electrons. The fourth-order valence-electron chi connectivity index (χ4n) is 4.13. The monoisotopic (exact) mass is 466 g/mol. The van der Waals surface area contributed by atoms with Crippen molar-refractivity contribution in [2.24, 2.45) is 0 Å². The van der Waals surface area contributed by atoms with Gasteiger partial charge in [0, 0.05) is 32.7 Å². The highest BCUT2D eigenvalue weighted by Crippen LogP contribution is 2.26. The number of anilines is 1. The third-order valence-electron chi connectivity index (χ3n) is 5.93. The molecule has 1 fully saturated rings. The number of fused-ring (bicyclic) bond motifs is 1. The molecule has 1 aliphatic heterocycles. The van der Waals surface area contributed by atoms with Crippen LogP contribution < -0.4 is 4.90 Å². The van der Waals surface area contributed by atoms with Gasteiger partial charge in [0.2, 0.25) is 0 Å². The van der Waals surface area contributed by atoms with Gasteiger partial charge in [0.25, 0.3) is 0 Å². The van der Waals surface area contributed by atoms with E-state index in [2.05, 4.69) is 56.1 Å². The highest BCUT2D eigenvalue weighted by Gasteiger charge is 2.21. The maximum atomic E-state index is 6.17. The molecule has 4 aromatic rings. The fourth-order valence-corrected chi connectivity index (χ4v) is 4.45. The summed E-state index contributed by atoms with van der Waals surface area (Å²) in [7, 11) is 0. The Balaban J connectivity index is 1.28. The quantitative estimate of drug-likeness (QED) is 0.422. The van der Waals surface area contributed by atoms with Crippen LogP contribution in [-0.4, -0.2) is 50.8 Å². The van der Waals surface area contributed by atoms with Crippen molar-refractivity contribution in [2.75, 3.05) is 31.1 Å². The fraction of sp³-hybridized carbons (Fsp3) is 0.292. The lowest BCUT2D eigenvalue weighted by molar-refractivity contribution is 0.249. The van der Waals surface area contributed by atoms with Crippen LogP contribution in [0, 0.1) is 6.92 Å². The molecule has 0 unspecified atom stereocenters. The van der Waals surface area contributed by atoms with E-state index in [9.17, 15) is 0 Å². The Morgan fingerprint density at radius 3 is 2.34 bits per heavy atom. The van der Waals surface area contributed by atoms with E-state index in [1.165, 1.54) is 16.7 Å². The zero-order valence-electron chi connectivity index (χ0n) is 17.9. The van der Waals surface area contributed by atoms with Gasteiger partial charge in [-0.25, -0.2) is 14.6 Å². The van der Waals surface area contributed by atoms with E-state index in [1.807, 2.05) is 29.1 Å². The van der Waals surface area contributed by atoms with Crippen molar-refractivity contribution < 1.29 is 0 Å². The summed E-state index contributed by atoms with van der Waals surface area (Å²) in [6.45, 7) is 7.34. The van der Waals surface area contributed by atoms with Gasteiger partial charge in [-0.05, 0) is 30.2 Å². The molecular weight excluding hydrogens is 443 g/mol. The first-order chi connectivity index (χ1) is 15.6. The van der Waals surface area contributed by atoms with Crippen molar-refractivity contribution in [3.05, 3.63) is 81.7 Å². The largest absolute Gasteiger partial charge is 0.353 e. The standard InChI is InChI=1S/C24H24Cl2N6/c1-17-2-4-18(5-3-17)15-32-24-20(13-29-32)23(27-16-28-24)31-10-8-30(9-11-31)14-19-6-7-21(25)22(26)12-19/h2-7,12-13,16H,8-11,14-15H2,1H3. The van der Waals surface area contributed by atoms with Gasteiger partial charge in [-0.3, -0.25) is 4.90 Å². The van der Waals surface area contributed by atoms with E-state index in [0.717, 1.165) is 49.6 Å². The number of hydrogen-bond acceptors (Lipinski definition) is 5. The SMILES string of the molecule is Cc1ccc(Cn2ncc3c(N4CCN(Cc5ccc(Cl)c(Cl)c5)CC4)ncnc32)cc1. The smallest absolute Gasteiger partial charge is 0.163 e. The third-order valence-corrected chi connectivity index (χ3v) is 6.67. The second-order valence-electron chi connectivity index (χ2n) is 8.23. The molecule has 2 aromatic carbocycles. The third kappa shape index (κ3) is 4.44. The number of hydrogen-bond donors (Lipinski definition) is 0. The molecule has 164 valence electrons. The lowest BCUT2D eigenvalue weighted by Gasteiger charge is -2.35. The summed E-state index contributed by atoms with van der Waals surface area (Å²) in [5, 5.41) is 6.81. The van der Waals surface area contributed by atoms with Crippen LogP contribution in [0.15, 0.2) is 55.0 Å². The van der Waals surface area contributed by atoms with E-state index in [0.29, 0.717) is 16.6 Å². The maximum Gasteiger partial charge on any atom is 0.163 e. The van der Waals surface area contributed by atoms with E-state index in [-0.39, 0.29) is 0 Å². The average molecular weight is 467 g/mol. The first-order valence-corrected chi connectivity index (χ1v) is 11.5. The van der Waals surface area contributed by atoms with E-state index >= 15 is 0 Å². The molecule has 32 heavy (non-hydrogen) atoms. The summed E-state index contributed by atoms with van der Waals surface area (Å²) in [5.41, 5.74) is 4.50. The number of rotatable bonds is 5. The molecule has 0 spiro atoms. The minimum absolute atomic E-state index is 0.593.